The van der Waals surface area contributed by atoms with Crippen LogP contribution in [0.3, 0.4) is 0 Å². The maximum Gasteiger partial charge on any atom is 0.228 e. The molecule has 0 aliphatic carbocycles. The van der Waals surface area contributed by atoms with E-state index in [0.717, 1.165) is 22.7 Å². The van der Waals surface area contributed by atoms with E-state index in [1.165, 1.54) is 0 Å². The Morgan fingerprint density at radius 3 is 2.25 bits per heavy atom. The zero-order valence-electron chi connectivity index (χ0n) is 15.9. The van der Waals surface area contributed by atoms with Crippen LogP contribution < -0.4 is 20.1 Å². The molecule has 0 unspecified atom stereocenters. The topological polar surface area (TPSA) is 101 Å². The minimum atomic E-state index is -0.135. The SMILES string of the molecule is COc1ccc(CNC(=O)Cc2n[nH]c(CNc3ccc(OC)cc3)n2)cc1. The molecular weight excluding hydrogens is 358 g/mol. The highest BCUT2D eigenvalue weighted by atomic mass is 16.5. The number of rotatable bonds is 9. The summed E-state index contributed by atoms with van der Waals surface area (Å²) < 4.78 is 10.2. The molecular formula is C20H23N5O3. The van der Waals surface area contributed by atoms with Crippen LogP contribution in [0.4, 0.5) is 5.69 Å². The van der Waals surface area contributed by atoms with Crippen molar-refractivity contribution in [3.05, 3.63) is 65.7 Å². The van der Waals surface area contributed by atoms with Gasteiger partial charge in [0.2, 0.25) is 5.91 Å². The summed E-state index contributed by atoms with van der Waals surface area (Å²) in [5.74, 6) is 2.57. The van der Waals surface area contributed by atoms with Crippen molar-refractivity contribution in [1.29, 1.82) is 0 Å². The Bertz CT molecular complexity index is 891. The molecule has 146 valence electrons. The van der Waals surface area contributed by atoms with Crippen LogP contribution in [0.25, 0.3) is 0 Å². The number of hydrogen-bond donors (Lipinski definition) is 3. The van der Waals surface area contributed by atoms with Crippen LogP contribution in [0.1, 0.15) is 17.2 Å². The third-order valence-electron chi connectivity index (χ3n) is 4.10. The number of methoxy groups -OCH3 is 2. The quantitative estimate of drug-likeness (QED) is 0.526. The van der Waals surface area contributed by atoms with Crippen molar-refractivity contribution < 1.29 is 14.3 Å². The lowest BCUT2D eigenvalue weighted by atomic mass is 10.2. The molecule has 3 aromatic rings. The molecule has 0 bridgehead atoms. The van der Waals surface area contributed by atoms with Gasteiger partial charge in [0.05, 0.1) is 27.2 Å². The highest BCUT2D eigenvalue weighted by Crippen LogP contribution is 2.15. The molecule has 1 amide bonds. The third-order valence-corrected chi connectivity index (χ3v) is 4.10. The lowest BCUT2D eigenvalue weighted by Crippen LogP contribution is -2.25. The van der Waals surface area contributed by atoms with Crippen molar-refractivity contribution in [1.82, 2.24) is 20.5 Å². The molecule has 1 heterocycles. The van der Waals surface area contributed by atoms with Crippen LogP contribution in [0, 0.1) is 0 Å². The van der Waals surface area contributed by atoms with Gasteiger partial charge in [0.25, 0.3) is 0 Å². The Morgan fingerprint density at radius 1 is 0.964 bits per heavy atom. The van der Waals surface area contributed by atoms with Crippen molar-refractivity contribution in [2.75, 3.05) is 19.5 Å². The van der Waals surface area contributed by atoms with E-state index in [1.807, 2.05) is 48.5 Å². The molecule has 0 aliphatic rings. The van der Waals surface area contributed by atoms with Gasteiger partial charge in [-0.2, -0.15) is 5.10 Å². The van der Waals surface area contributed by atoms with Gasteiger partial charge in [-0.15, -0.1) is 0 Å². The van der Waals surface area contributed by atoms with Gasteiger partial charge in [-0.25, -0.2) is 4.98 Å². The number of carbonyl (C=O) groups excluding carboxylic acids is 1. The third kappa shape index (κ3) is 5.47. The summed E-state index contributed by atoms with van der Waals surface area (Å²) in [4.78, 5) is 16.4. The van der Waals surface area contributed by atoms with E-state index >= 15 is 0 Å². The summed E-state index contributed by atoms with van der Waals surface area (Å²) in [7, 11) is 3.25. The van der Waals surface area contributed by atoms with Gasteiger partial charge in [0.1, 0.15) is 17.3 Å². The van der Waals surface area contributed by atoms with E-state index in [1.54, 1.807) is 14.2 Å². The van der Waals surface area contributed by atoms with Gasteiger partial charge in [-0.05, 0) is 42.0 Å². The molecule has 0 radical (unpaired) electrons. The van der Waals surface area contributed by atoms with E-state index < -0.39 is 0 Å². The molecule has 3 rings (SSSR count). The molecule has 8 nitrogen and oxygen atoms in total. The van der Waals surface area contributed by atoms with E-state index in [2.05, 4.69) is 25.8 Å². The van der Waals surface area contributed by atoms with Crippen LogP contribution in [-0.2, 0) is 24.3 Å². The van der Waals surface area contributed by atoms with Crippen molar-refractivity contribution in [2.24, 2.45) is 0 Å². The maximum atomic E-state index is 12.1. The highest BCUT2D eigenvalue weighted by Gasteiger charge is 2.09. The maximum absolute atomic E-state index is 12.1. The number of nitrogens with one attached hydrogen (secondary N) is 3. The monoisotopic (exact) mass is 381 g/mol. The van der Waals surface area contributed by atoms with Crippen molar-refractivity contribution in [3.63, 3.8) is 0 Å². The number of benzene rings is 2. The zero-order valence-corrected chi connectivity index (χ0v) is 15.9. The minimum absolute atomic E-state index is 0.120. The molecule has 3 N–H and O–H groups in total. The average Bonchev–Trinajstić information content (AvgIpc) is 3.18. The van der Waals surface area contributed by atoms with E-state index in [0.29, 0.717) is 24.7 Å². The highest BCUT2D eigenvalue weighted by molar-refractivity contribution is 5.77. The fraction of sp³-hybridized carbons (Fsp3) is 0.250. The molecule has 0 saturated carbocycles. The number of amides is 1. The Kier molecular flexibility index (Phi) is 6.46. The van der Waals surface area contributed by atoms with Gasteiger partial charge >= 0.3 is 0 Å². The van der Waals surface area contributed by atoms with Gasteiger partial charge in [-0.1, -0.05) is 12.1 Å². The smallest absolute Gasteiger partial charge is 0.228 e. The zero-order chi connectivity index (χ0) is 19.8. The Hall–Kier alpha value is -3.55. The molecule has 8 heteroatoms. The normalized spacial score (nSPS) is 10.4. The summed E-state index contributed by atoms with van der Waals surface area (Å²) in [6.45, 7) is 0.923. The predicted molar refractivity (Wildman–Crippen MR) is 105 cm³/mol. The van der Waals surface area contributed by atoms with Crippen molar-refractivity contribution >= 4 is 11.6 Å². The molecule has 28 heavy (non-hydrogen) atoms. The molecule has 0 atom stereocenters. The van der Waals surface area contributed by atoms with E-state index in [9.17, 15) is 4.79 Å². The Balaban J connectivity index is 1.44. The van der Waals surface area contributed by atoms with E-state index in [-0.39, 0.29) is 12.3 Å². The average molecular weight is 381 g/mol. The summed E-state index contributed by atoms with van der Waals surface area (Å²) in [5, 5.41) is 13.0. The number of anilines is 1. The summed E-state index contributed by atoms with van der Waals surface area (Å²) in [6, 6.07) is 15.1. The standard InChI is InChI=1S/C20H23N5O3/c1-27-16-7-3-14(4-8-16)12-22-20(26)11-18-23-19(25-24-18)13-21-15-5-9-17(28-2)10-6-15/h3-10,21H,11-13H2,1-2H3,(H,22,26)(H,23,24,25). The first kappa shape index (κ1) is 19.2. The van der Waals surface area contributed by atoms with Crippen molar-refractivity contribution in [2.45, 2.75) is 19.5 Å². The fourth-order valence-electron chi connectivity index (χ4n) is 2.54. The number of aromatic amines is 1. The molecule has 0 fully saturated rings. The Morgan fingerprint density at radius 2 is 1.61 bits per heavy atom. The summed E-state index contributed by atoms with van der Waals surface area (Å²) >= 11 is 0. The number of ether oxygens (including phenoxy) is 2. The molecule has 1 aromatic heterocycles. The number of aromatic nitrogens is 3. The summed E-state index contributed by atoms with van der Waals surface area (Å²) in [6.07, 6.45) is 0.120. The molecule has 0 aliphatic heterocycles. The van der Waals surface area contributed by atoms with Crippen LogP contribution in [0.2, 0.25) is 0 Å². The second-order valence-electron chi connectivity index (χ2n) is 6.08. The lowest BCUT2D eigenvalue weighted by Gasteiger charge is -2.05. The second-order valence-corrected chi connectivity index (χ2v) is 6.08. The predicted octanol–water partition coefficient (Wildman–Crippen LogP) is 2.29. The minimum Gasteiger partial charge on any atom is -0.497 e. The summed E-state index contributed by atoms with van der Waals surface area (Å²) in [5.41, 5.74) is 1.93. The van der Waals surface area contributed by atoms with Crippen molar-refractivity contribution in [3.8, 4) is 11.5 Å². The Labute approximate surface area is 163 Å². The number of hydrogen-bond acceptors (Lipinski definition) is 6. The molecule has 0 saturated heterocycles. The first-order valence-electron chi connectivity index (χ1n) is 8.84. The van der Waals surface area contributed by atoms with Gasteiger partial charge < -0.3 is 20.1 Å². The first-order chi connectivity index (χ1) is 13.7. The number of H-pyrrole nitrogens is 1. The molecule has 2 aromatic carbocycles. The van der Waals surface area contributed by atoms with Crippen LogP contribution in [-0.4, -0.2) is 35.3 Å². The van der Waals surface area contributed by atoms with Gasteiger partial charge in [0.15, 0.2) is 5.82 Å². The largest absolute Gasteiger partial charge is 0.497 e. The molecule has 0 spiro atoms. The van der Waals surface area contributed by atoms with Crippen LogP contribution in [0.5, 0.6) is 11.5 Å². The lowest BCUT2D eigenvalue weighted by molar-refractivity contribution is -0.120. The van der Waals surface area contributed by atoms with Crippen LogP contribution >= 0.6 is 0 Å². The first-order valence-corrected chi connectivity index (χ1v) is 8.84. The number of carbonyl (C=O) groups is 1. The second kappa shape index (κ2) is 9.40. The van der Waals surface area contributed by atoms with Gasteiger partial charge in [0, 0.05) is 12.2 Å². The number of nitrogens with zero attached hydrogens (tertiary/aromatic N) is 2. The fourth-order valence-corrected chi connectivity index (χ4v) is 2.54. The van der Waals surface area contributed by atoms with Crippen LogP contribution in [0.15, 0.2) is 48.5 Å². The van der Waals surface area contributed by atoms with E-state index in [4.69, 9.17) is 9.47 Å². The van der Waals surface area contributed by atoms with Gasteiger partial charge in [-0.3, -0.25) is 9.89 Å².